The first-order valence-corrected chi connectivity index (χ1v) is 12.6. The minimum absolute atomic E-state index is 0.00247. The number of methoxy groups -OCH3 is 1. The third-order valence-electron chi connectivity index (χ3n) is 7.28. The van der Waals surface area contributed by atoms with E-state index in [0.717, 1.165) is 56.3 Å². The van der Waals surface area contributed by atoms with Crippen LogP contribution in [0.3, 0.4) is 0 Å². The van der Waals surface area contributed by atoms with Crippen LogP contribution in [0.25, 0.3) is 11.1 Å². The number of nitrogens with one attached hydrogen (secondary N) is 2. The second-order valence-electron chi connectivity index (χ2n) is 10.0. The van der Waals surface area contributed by atoms with Crippen molar-refractivity contribution in [2.75, 3.05) is 24.4 Å². The smallest absolute Gasteiger partial charge is 0.271 e. The highest BCUT2D eigenvalue weighted by atomic mass is 16.5. The summed E-state index contributed by atoms with van der Waals surface area (Å²) in [6.45, 7) is 0.758. The number of benzene rings is 1. The van der Waals surface area contributed by atoms with Crippen LogP contribution in [-0.4, -0.2) is 51.1 Å². The third-order valence-corrected chi connectivity index (χ3v) is 7.28. The molecule has 3 heterocycles. The molecule has 2 amide bonds. The fraction of sp³-hybridized carbons (Fsp3) is 0.423. The van der Waals surface area contributed by atoms with Crippen LogP contribution in [0.2, 0.25) is 0 Å². The summed E-state index contributed by atoms with van der Waals surface area (Å²) < 4.78 is 13.8. The van der Waals surface area contributed by atoms with E-state index in [1.54, 1.807) is 13.2 Å². The second-order valence-corrected chi connectivity index (χ2v) is 10.0. The third kappa shape index (κ3) is 4.74. The molecule has 3 aliphatic rings. The minimum Gasteiger partial charge on any atom is -0.494 e. The lowest BCUT2D eigenvalue weighted by Gasteiger charge is -2.29. The van der Waals surface area contributed by atoms with Gasteiger partial charge in [-0.15, -0.1) is 10.2 Å². The number of anilines is 3. The number of hydrogen-bond acceptors (Lipinski definition) is 8. The van der Waals surface area contributed by atoms with Gasteiger partial charge in [-0.1, -0.05) is 12.1 Å². The van der Waals surface area contributed by atoms with E-state index in [2.05, 4.69) is 25.9 Å². The molecule has 6 rings (SSSR count). The molecule has 11 nitrogen and oxygen atoms in total. The van der Waals surface area contributed by atoms with Crippen LogP contribution < -0.4 is 21.1 Å². The summed E-state index contributed by atoms with van der Waals surface area (Å²) in [5.41, 5.74) is 8.24. The average molecular weight is 504 g/mol. The van der Waals surface area contributed by atoms with Crippen LogP contribution in [0.15, 0.2) is 36.7 Å². The number of nitrogens with zero attached hydrogens (tertiary/aromatic N) is 4. The molecule has 0 bridgehead atoms. The van der Waals surface area contributed by atoms with Crippen LogP contribution in [0.1, 0.15) is 55.1 Å². The highest BCUT2D eigenvalue weighted by molar-refractivity contribution is 5.99. The zero-order chi connectivity index (χ0) is 25.6. The van der Waals surface area contributed by atoms with Gasteiger partial charge in [0, 0.05) is 35.9 Å². The lowest BCUT2D eigenvalue weighted by Crippen LogP contribution is -2.29. The Hall–Kier alpha value is -3.99. The topological polar surface area (TPSA) is 146 Å². The Balaban J connectivity index is 1.28. The van der Waals surface area contributed by atoms with Gasteiger partial charge in [0.05, 0.1) is 36.3 Å². The fourth-order valence-corrected chi connectivity index (χ4v) is 4.92. The second kappa shape index (κ2) is 9.15. The summed E-state index contributed by atoms with van der Waals surface area (Å²) in [4.78, 5) is 24.2. The molecule has 1 saturated heterocycles. The monoisotopic (exact) mass is 503 g/mol. The molecule has 2 saturated carbocycles. The maximum atomic E-state index is 12.2. The van der Waals surface area contributed by atoms with Gasteiger partial charge >= 0.3 is 0 Å². The molecule has 0 unspecified atom stereocenters. The van der Waals surface area contributed by atoms with Crippen molar-refractivity contribution in [3.8, 4) is 16.9 Å². The largest absolute Gasteiger partial charge is 0.494 e. The summed E-state index contributed by atoms with van der Waals surface area (Å²) in [6, 6.07) is 7.53. The highest BCUT2D eigenvalue weighted by Crippen LogP contribution is 2.49. The SMILES string of the molecule is COc1c(Nc2cc(NC(=O)C3CC3)nnc2C(N)=O)cccc1-c1cnn([C@@H]2CCOC3(CC3)C2)c1. The van der Waals surface area contributed by atoms with Crippen molar-refractivity contribution in [1.29, 1.82) is 0 Å². The van der Waals surface area contributed by atoms with E-state index < -0.39 is 5.91 Å². The zero-order valence-electron chi connectivity index (χ0n) is 20.6. The lowest BCUT2D eigenvalue weighted by molar-refractivity contribution is -0.117. The Morgan fingerprint density at radius 1 is 1.19 bits per heavy atom. The van der Waals surface area contributed by atoms with Gasteiger partial charge in [-0.05, 0) is 44.6 Å². The Labute approximate surface area is 213 Å². The van der Waals surface area contributed by atoms with Gasteiger partial charge < -0.3 is 25.8 Å². The number of aromatic nitrogens is 4. The number of carbonyl (C=O) groups excluding carboxylic acids is 2. The number of amides is 2. The summed E-state index contributed by atoms with van der Waals surface area (Å²) >= 11 is 0. The Morgan fingerprint density at radius 3 is 2.76 bits per heavy atom. The van der Waals surface area contributed by atoms with Gasteiger partial charge in [0.1, 0.15) is 5.75 Å². The summed E-state index contributed by atoms with van der Waals surface area (Å²) in [6.07, 6.45) is 9.78. The number of hydrogen-bond donors (Lipinski definition) is 3. The molecule has 2 aromatic heterocycles. The van der Waals surface area contributed by atoms with Crippen molar-refractivity contribution in [2.24, 2.45) is 11.7 Å². The van der Waals surface area contributed by atoms with Crippen molar-refractivity contribution in [1.82, 2.24) is 20.0 Å². The van der Waals surface area contributed by atoms with Crippen molar-refractivity contribution in [2.45, 2.75) is 50.2 Å². The molecule has 1 aromatic carbocycles. The minimum atomic E-state index is -0.739. The molecule has 37 heavy (non-hydrogen) atoms. The quantitative estimate of drug-likeness (QED) is 0.424. The molecular weight excluding hydrogens is 474 g/mol. The van der Waals surface area contributed by atoms with E-state index in [1.165, 1.54) is 0 Å². The molecule has 2 aliphatic carbocycles. The van der Waals surface area contributed by atoms with Gasteiger partial charge in [-0.25, -0.2) is 0 Å². The van der Waals surface area contributed by atoms with E-state index in [4.69, 9.17) is 15.2 Å². The standard InChI is InChI=1S/C26H29N7O4/c1-36-23-18(16-13-28-33(14-16)17-7-10-37-26(12-17)8-9-26)3-2-4-19(23)29-20-11-21(30-25(35)15-5-6-15)31-32-22(20)24(27)34/h2-4,11,13-15,17H,5-10,12H2,1H3,(H2,27,34)(H2,29,30,31,35)/t17-/m1/s1. The van der Waals surface area contributed by atoms with E-state index in [1.807, 2.05) is 35.3 Å². The number of rotatable bonds is 8. The Morgan fingerprint density at radius 2 is 2.03 bits per heavy atom. The Kier molecular flexibility index (Phi) is 5.79. The predicted octanol–water partition coefficient (Wildman–Crippen LogP) is 3.42. The first kappa shape index (κ1) is 23.4. The van der Waals surface area contributed by atoms with Gasteiger partial charge in [0.15, 0.2) is 11.5 Å². The maximum Gasteiger partial charge on any atom is 0.271 e. The normalized spacial score (nSPS) is 19.9. The number of primary amides is 1. The molecule has 1 aliphatic heterocycles. The van der Waals surface area contributed by atoms with Crippen LogP contribution >= 0.6 is 0 Å². The van der Waals surface area contributed by atoms with E-state index in [-0.39, 0.29) is 28.9 Å². The van der Waals surface area contributed by atoms with Crippen molar-refractivity contribution in [3.63, 3.8) is 0 Å². The Bertz CT molecular complexity index is 1360. The molecule has 3 aromatic rings. The van der Waals surface area contributed by atoms with Crippen molar-refractivity contribution < 1.29 is 19.1 Å². The van der Waals surface area contributed by atoms with Crippen LogP contribution in [0.5, 0.6) is 5.75 Å². The van der Waals surface area contributed by atoms with Crippen LogP contribution in [0, 0.1) is 5.92 Å². The molecular formula is C26H29N7O4. The van der Waals surface area contributed by atoms with E-state index in [9.17, 15) is 9.59 Å². The zero-order valence-corrected chi connectivity index (χ0v) is 20.6. The number of nitrogens with two attached hydrogens (primary N) is 1. The molecule has 192 valence electrons. The summed E-state index contributed by atoms with van der Waals surface area (Å²) in [7, 11) is 1.59. The van der Waals surface area contributed by atoms with E-state index >= 15 is 0 Å². The molecule has 4 N–H and O–H groups in total. The molecule has 0 radical (unpaired) electrons. The van der Waals surface area contributed by atoms with Crippen LogP contribution in [0.4, 0.5) is 17.2 Å². The average Bonchev–Trinajstić information content (AvgIpc) is 3.82. The molecule has 3 fully saturated rings. The number of para-hydroxylation sites is 1. The van der Waals surface area contributed by atoms with Gasteiger partial charge in [-0.3, -0.25) is 14.3 Å². The number of ether oxygens (including phenoxy) is 2. The van der Waals surface area contributed by atoms with Gasteiger partial charge in [0.25, 0.3) is 5.91 Å². The van der Waals surface area contributed by atoms with E-state index in [0.29, 0.717) is 23.2 Å². The number of carbonyl (C=O) groups is 2. The molecule has 11 heteroatoms. The summed E-state index contributed by atoms with van der Waals surface area (Å²) in [5, 5.41) is 18.5. The van der Waals surface area contributed by atoms with Gasteiger partial charge in [-0.2, -0.15) is 5.10 Å². The summed E-state index contributed by atoms with van der Waals surface area (Å²) in [5.74, 6) is -0.0333. The highest BCUT2D eigenvalue weighted by Gasteiger charge is 2.48. The molecule has 1 atom stereocenters. The first-order chi connectivity index (χ1) is 17.9. The van der Waals surface area contributed by atoms with Gasteiger partial charge in [0.2, 0.25) is 5.91 Å². The molecule has 1 spiro atoms. The predicted molar refractivity (Wildman–Crippen MR) is 136 cm³/mol. The maximum absolute atomic E-state index is 12.2. The first-order valence-electron chi connectivity index (χ1n) is 12.6. The lowest BCUT2D eigenvalue weighted by atomic mass is 10.0. The van der Waals surface area contributed by atoms with Crippen LogP contribution in [-0.2, 0) is 9.53 Å². The van der Waals surface area contributed by atoms with Crippen molar-refractivity contribution in [3.05, 3.63) is 42.4 Å². The fourth-order valence-electron chi connectivity index (χ4n) is 4.92. The van der Waals surface area contributed by atoms with Crippen molar-refractivity contribution >= 4 is 29.0 Å².